The van der Waals surface area contributed by atoms with E-state index >= 15 is 0 Å². The lowest BCUT2D eigenvalue weighted by atomic mass is 10.2. The first-order valence-electron chi connectivity index (χ1n) is 6.19. The van der Waals surface area contributed by atoms with Crippen LogP contribution >= 0.6 is 0 Å². The van der Waals surface area contributed by atoms with Crippen LogP contribution in [0.5, 0.6) is 0 Å². The van der Waals surface area contributed by atoms with E-state index < -0.39 is 0 Å². The molecular formula is C15H12FN3O. The third-order valence-electron chi connectivity index (χ3n) is 2.98. The van der Waals surface area contributed by atoms with Crippen LogP contribution in [0, 0.1) is 5.82 Å². The van der Waals surface area contributed by atoms with Crippen molar-refractivity contribution in [3.05, 3.63) is 66.1 Å². The summed E-state index contributed by atoms with van der Waals surface area (Å²) in [6.45, 7) is 0.329. The molecule has 3 aromatic rings. The SMILES string of the molecule is O=C(NCc1ccc(F)cc1)n1cc2ccccc2n1. The third-order valence-corrected chi connectivity index (χ3v) is 2.98. The normalized spacial score (nSPS) is 10.7. The number of rotatable bonds is 2. The Morgan fingerprint density at radius 3 is 2.65 bits per heavy atom. The number of fused-ring (bicyclic) bond motifs is 1. The van der Waals surface area contributed by atoms with Crippen molar-refractivity contribution in [3.63, 3.8) is 0 Å². The summed E-state index contributed by atoms with van der Waals surface area (Å²) >= 11 is 0. The largest absolute Gasteiger partial charge is 0.342 e. The van der Waals surface area contributed by atoms with E-state index in [1.807, 2.05) is 24.3 Å². The lowest BCUT2D eigenvalue weighted by molar-refractivity contribution is 0.239. The summed E-state index contributed by atoms with van der Waals surface area (Å²) in [5.74, 6) is -0.293. The summed E-state index contributed by atoms with van der Waals surface area (Å²) in [6, 6.07) is 13.2. The van der Waals surface area contributed by atoms with Gasteiger partial charge in [-0.3, -0.25) is 0 Å². The quantitative estimate of drug-likeness (QED) is 0.777. The first kappa shape index (κ1) is 12.3. The minimum absolute atomic E-state index is 0.293. The lowest BCUT2D eigenvalue weighted by Gasteiger charge is -2.04. The van der Waals surface area contributed by atoms with Gasteiger partial charge in [-0.05, 0) is 23.8 Å². The standard InChI is InChI=1S/C15H12FN3O/c16-13-7-5-11(6-8-13)9-17-15(20)19-10-12-3-1-2-4-14(12)18-19/h1-8,10H,9H2,(H,17,20). The maximum Gasteiger partial charge on any atom is 0.342 e. The van der Waals surface area contributed by atoms with Gasteiger partial charge in [0, 0.05) is 18.1 Å². The van der Waals surface area contributed by atoms with Crippen LogP contribution in [-0.4, -0.2) is 15.8 Å². The van der Waals surface area contributed by atoms with Crippen LogP contribution in [-0.2, 0) is 6.54 Å². The zero-order valence-electron chi connectivity index (χ0n) is 10.6. The summed E-state index contributed by atoms with van der Waals surface area (Å²) < 4.78 is 14.0. The highest BCUT2D eigenvalue weighted by Gasteiger charge is 2.07. The second kappa shape index (κ2) is 5.13. The predicted octanol–water partition coefficient (Wildman–Crippen LogP) is 2.93. The minimum atomic E-state index is -0.314. The molecule has 3 rings (SSSR count). The van der Waals surface area contributed by atoms with E-state index in [0.29, 0.717) is 6.54 Å². The van der Waals surface area contributed by atoms with Crippen LogP contribution in [0.25, 0.3) is 10.9 Å². The molecule has 0 saturated carbocycles. The van der Waals surface area contributed by atoms with Crippen molar-refractivity contribution in [1.82, 2.24) is 15.1 Å². The molecule has 0 atom stereocenters. The zero-order chi connectivity index (χ0) is 13.9. The fourth-order valence-electron chi connectivity index (χ4n) is 1.93. The van der Waals surface area contributed by atoms with Gasteiger partial charge in [0.2, 0.25) is 0 Å². The summed E-state index contributed by atoms with van der Waals surface area (Å²) in [5, 5.41) is 7.83. The number of halogens is 1. The number of benzene rings is 2. The molecule has 0 aliphatic rings. The Labute approximate surface area is 114 Å². The van der Waals surface area contributed by atoms with Crippen molar-refractivity contribution >= 4 is 16.9 Å². The molecule has 2 aromatic carbocycles. The Morgan fingerprint density at radius 1 is 1.15 bits per heavy atom. The first-order chi connectivity index (χ1) is 9.72. The molecule has 4 nitrogen and oxygen atoms in total. The number of aromatic nitrogens is 2. The smallest absolute Gasteiger partial charge is 0.332 e. The minimum Gasteiger partial charge on any atom is -0.332 e. The highest BCUT2D eigenvalue weighted by molar-refractivity contribution is 5.84. The van der Waals surface area contributed by atoms with Crippen LogP contribution in [0.4, 0.5) is 9.18 Å². The van der Waals surface area contributed by atoms with Gasteiger partial charge in [-0.1, -0.05) is 30.3 Å². The molecule has 5 heteroatoms. The number of carbonyl (C=O) groups is 1. The summed E-state index contributed by atoms with van der Waals surface area (Å²) in [6.07, 6.45) is 1.68. The predicted molar refractivity (Wildman–Crippen MR) is 73.8 cm³/mol. The molecule has 0 radical (unpaired) electrons. The summed E-state index contributed by atoms with van der Waals surface area (Å²) in [4.78, 5) is 12.0. The Morgan fingerprint density at radius 2 is 1.90 bits per heavy atom. The van der Waals surface area contributed by atoms with E-state index in [2.05, 4.69) is 10.4 Å². The fourth-order valence-corrected chi connectivity index (χ4v) is 1.93. The second-order valence-electron chi connectivity index (χ2n) is 4.42. The monoisotopic (exact) mass is 269 g/mol. The first-order valence-corrected chi connectivity index (χ1v) is 6.19. The van der Waals surface area contributed by atoms with E-state index in [0.717, 1.165) is 16.5 Å². The zero-order valence-corrected chi connectivity index (χ0v) is 10.6. The number of carbonyl (C=O) groups excluding carboxylic acids is 1. The van der Waals surface area contributed by atoms with Crippen molar-refractivity contribution in [1.29, 1.82) is 0 Å². The van der Waals surface area contributed by atoms with Crippen LogP contribution in [0.3, 0.4) is 0 Å². The van der Waals surface area contributed by atoms with Crippen LogP contribution in [0.1, 0.15) is 5.56 Å². The van der Waals surface area contributed by atoms with Crippen LogP contribution < -0.4 is 5.32 Å². The summed E-state index contributed by atoms with van der Waals surface area (Å²) in [5.41, 5.74) is 1.60. The Balaban J connectivity index is 1.71. The van der Waals surface area contributed by atoms with E-state index in [4.69, 9.17) is 0 Å². The molecule has 0 aliphatic heterocycles. The molecule has 0 fully saturated rings. The van der Waals surface area contributed by atoms with Gasteiger partial charge in [-0.25, -0.2) is 9.18 Å². The molecule has 0 unspecified atom stereocenters. The van der Waals surface area contributed by atoms with Crippen molar-refractivity contribution < 1.29 is 9.18 Å². The van der Waals surface area contributed by atoms with E-state index in [9.17, 15) is 9.18 Å². The van der Waals surface area contributed by atoms with Gasteiger partial charge in [0.1, 0.15) is 5.82 Å². The van der Waals surface area contributed by atoms with Crippen LogP contribution in [0.15, 0.2) is 54.7 Å². The van der Waals surface area contributed by atoms with Crippen molar-refractivity contribution in [2.24, 2.45) is 0 Å². The number of nitrogens with one attached hydrogen (secondary N) is 1. The molecular weight excluding hydrogens is 257 g/mol. The molecule has 100 valence electrons. The van der Waals surface area contributed by atoms with Gasteiger partial charge in [0.25, 0.3) is 0 Å². The maximum absolute atomic E-state index is 12.8. The van der Waals surface area contributed by atoms with E-state index in [1.165, 1.54) is 16.8 Å². The average molecular weight is 269 g/mol. The average Bonchev–Trinajstić information content (AvgIpc) is 2.90. The summed E-state index contributed by atoms with van der Waals surface area (Å²) in [7, 11) is 0. The van der Waals surface area contributed by atoms with Gasteiger partial charge in [-0.2, -0.15) is 9.78 Å². The number of hydrogen-bond donors (Lipinski definition) is 1. The van der Waals surface area contributed by atoms with Gasteiger partial charge < -0.3 is 5.32 Å². The van der Waals surface area contributed by atoms with Gasteiger partial charge >= 0.3 is 6.03 Å². The molecule has 0 bridgehead atoms. The number of hydrogen-bond acceptors (Lipinski definition) is 2. The Kier molecular flexibility index (Phi) is 3.16. The number of amides is 1. The molecule has 20 heavy (non-hydrogen) atoms. The van der Waals surface area contributed by atoms with Gasteiger partial charge in [0.05, 0.1) is 5.52 Å². The van der Waals surface area contributed by atoms with Crippen molar-refractivity contribution in [2.75, 3.05) is 0 Å². The molecule has 0 saturated heterocycles. The highest BCUT2D eigenvalue weighted by atomic mass is 19.1. The Hall–Kier alpha value is -2.69. The molecule has 1 N–H and O–H groups in total. The van der Waals surface area contributed by atoms with Crippen molar-refractivity contribution in [2.45, 2.75) is 6.54 Å². The van der Waals surface area contributed by atoms with E-state index in [1.54, 1.807) is 18.3 Å². The Bertz CT molecular complexity index is 716. The molecule has 0 aliphatic carbocycles. The molecule has 0 spiro atoms. The molecule has 1 heterocycles. The fraction of sp³-hybridized carbons (Fsp3) is 0.0667. The molecule has 1 amide bonds. The van der Waals surface area contributed by atoms with Gasteiger partial charge in [0.15, 0.2) is 0 Å². The topological polar surface area (TPSA) is 46.9 Å². The lowest BCUT2D eigenvalue weighted by Crippen LogP contribution is -2.28. The highest BCUT2D eigenvalue weighted by Crippen LogP contribution is 2.10. The van der Waals surface area contributed by atoms with Gasteiger partial charge in [-0.15, -0.1) is 0 Å². The number of nitrogens with zero attached hydrogens (tertiary/aromatic N) is 2. The third kappa shape index (κ3) is 2.51. The second-order valence-corrected chi connectivity index (χ2v) is 4.42. The van der Waals surface area contributed by atoms with E-state index in [-0.39, 0.29) is 11.8 Å². The van der Waals surface area contributed by atoms with Crippen molar-refractivity contribution in [3.8, 4) is 0 Å². The maximum atomic E-state index is 12.8. The van der Waals surface area contributed by atoms with Crippen LogP contribution in [0.2, 0.25) is 0 Å². The molecule has 1 aromatic heterocycles.